The molecule has 0 spiro atoms. The fraction of sp³-hybridized carbons (Fsp3) is 0.300. The van der Waals surface area contributed by atoms with Crippen molar-refractivity contribution < 1.29 is 19.7 Å². The van der Waals surface area contributed by atoms with Crippen LogP contribution in [-0.2, 0) is 4.79 Å². The van der Waals surface area contributed by atoms with E-state index in [0.29, 0.717) is 10.8 Å². The summed E-state index contributed by atoms with van der Waals surface area (Å²) < 4.78 is 5.10. The Hall–Kier alpha value is -1.26. The molecule has 0 aliphatic heterocycles. The second-order valence-electron chi connectivity index (χ2n) is 3.32. The molecule has 82 valence electrons. The van der Waals surface area contributed by atoms with E-state index in [1.807, 2.05) is 0 Å². The average molecular weight is 231 g/mol. The molecule has 0 saturated heterocycles. The molecule has 0 aliphatic rings. The van der Waals surface area contributed by atoms with E-state index in [1.165, 1.54) is 6.92 Å². The van der Waals surface area contributed by atoms with E-state index in [9.17, 15) is 9.90 Å². The molecule has 0 bridgehead atoms. The summed E-state index contributed by atoms with van der Waals surface area (Å²) in [4.78, 5) is 10.5. The number of carboxylic acids is 1. The third kappa shape index (κ3) is 3.42. The summed E-state index contributed by atoms with van der Waals surface area (Å²) in [6.07, 6.45) is 0. The van der Waals surface area contributed by atoms with Gasteiger partial charge in [0.2, 0.25) is 0 Å². The molecule has 1 aromatic rings. The summed E-state index contributed by atoms with van der Waals surface area (Å²) in [5.41, 5.74) is -1.89. The summed E-state index contributed by atoms with van der Waals surface area (Å²) in [5.74, 6) is -0.864. The average Bonchev–Trinajstić information content (AvgIpc) is 2.17. The van der Waals surface area contributed by atoms with Crippen molar-refractivity contribution in [2.24, 2.45) is 0 Å². The van der Waals surface area contributed by atoms with Crippen LogP contribution < -0.4 is 4.74 Å². The summed E-state index contributed by atoms with van der Waals surface area (Å²) in [6, 6.07) is 6.43. The van der Waals surface area contributed by atoms with Crippen LogP contribution in [-0.4, -0.2) is 28.4 Å². The van der Waals surface area contributed by atoms with Crippen molar-refractivity contribution in [1.29, 1.82) is 0 Å². The number of aliphatic hydroxyl groups is 1. The largest absolute Gasteiger partial charge is 0.490 e. The predicted molar refractivity (Wildman–Crippen MR) is 55.2 cm³/mol. The molecule has 1 unspecified atom stereocenters. The molecule has 0 radical (unpaired) electrons. The van der Waals surface area contributed by atoms with Crippen LogP contribution in [0.5, 0.6) is 5.75 Å². The van der Waals surface area contributed by atoms with Crippen LogP contribution in [0.2, 0.25) is 5.02 Å². The molecule has 0 saturated carbocycles. The number of carboxylic acid groups (broad SMARTS) is 1. The number of hydrogen-bond donors (Lipinski definition) is 2. The van der Waals surface area contributed by atoms with E-state index in [0.717, 1.165) is 0 Å². The lowest BCUT2D eigenvalue weighted by Crippen LogP contribution is -2.41. The number of ether oxygens (including phenoxy) is 1. The van der Waals surface area contributed by atoms with Gasteiger partial charge >= 0.3 is 5.97 Å². The van der Waals surface area contributed by atoms with Gasteiger partial charge in [0.05, 0.1) is 0 Å². The highest BCUT2D eigenvalue weighted by Crippen LogP contribution is 2.17. The number of aliphatic carboxylic acids is 1. The van der Waals surface area contributed by atoms with E-state index < -0.39 is 11.6 Å². The fourth-order valence-electron chi connectivity index (χ4n) is 0.816. The van der Waals surface area contributed by atoms with Gasteiger partial charge in [-0.3, -0.25) is 0 Å². The zero-order chi connectivity index (χ0) is 11.5. The number of benzene rings is 1. The third-order valence-corrected chi connectivity index (χ3v) is 2.05. The lowest BCUT2D eigenvalue weighted by molar-refractivity contribution is -0.159. The second-order valence-corrected chi connectivity index (χ2v) is 3.76. The molecule has 0 fully saturated rings. The van der Waals surface area contributed by atoms with E-state index >= 15 is 0 Å². The van der Waals surface area contributed by atoms with Crippen LogP contribution in [0, 0.1) is 0 Å². The van der Waals surface area contributed by atoms with Crippen LogP contribution in [0.15, 0.2) is 24.3 Å². The summed E-state index contributed by atoms with van der Waals surface area (Å²) in [6.45, 7) is 0.856. The Balaban J connectivity index is 2.57. The molecular formula is C10H11ClO4. The number of carbonyl (C=O) groups is 1. The molecule has 1 atom stereocenters. The molecule has 15 heavy (non-hydrogen) atoms. The molecular weight excluding hydrogens is 220 g/mol. The van der Waals surface area contributed by atoms with Crippen LogP contribution in [0.3, 0.4) is 0 Å². The molecule has 0 amide bonds. The Kier molecular flexibility index (Phi) is 3.55. The van der Waals surface area contributed by atoms with Crippen molar-refractivity contribution in [2.45, 2.75) is 12.5 Å². The van der Waals surface area contributed by atoms with Gasteiger partial charge < -0.3 is 14.9 Å². The first-order valence-electron chi connectivity index (χ1n) is 4.26. The molecule has 0 aromatic heterocycles. The highest BCUT2D eigenvalue weighted by atomic mass is 35.5. The fourth-order valence-corrected chi connectivity index (χ4v) is 0.942. The van der Waals surface area contributed by atoms with E-state index in [1.54, 1.807) is 24.3 Å². The minimum absolute atomic E-state index is 0.316. The Morgan fingerprint density at radius 3 is 2.47 bits per heavy atom. The van der Waals surface area contributed by atoms with Gasteiger partial charge in [0.1, 0.15) is 12.4 Å². The lowest BCUT2D eigenvalue weighted by atomic mass is 10.1. The van der Waals surface area contributed by atoms with Crippen LogP contribution in [0.25, 0.3) is 0 Å². The van der Waals surface area contributed by atoms with Crippen molar-refractivity contribution in [3.05, 3.63) is 29.3 Å². The highest BCUT2D eigenvalue weighted by Gasteiger charge is 2.30. The van der Waals surface area contributed by atoms with Crippen LogP contribution in [0.1, 0.15) is 6.92 Å². The summed E-state index contributed by atoms with van der Waals surface area (Å²) >= 11 is 5.65. The number of halogens is 1. The third-order valence-electron chi connectivity index (χ3n) is 1.79. The van der Waals surface area contributed by atoms with Gasteiger partial charge in [-0.25, -0.2) is 4.79 Å². The first-order chi connectivity index (χ1) is 6.92. The van der Waals surface area contributed by atoms with Crippen molar-refractivity contribution in [1.82, 2.24) is 0 Å². The normalized spacial score (nSPS) is 14.3. The topological polar surface area (TPSA) is 66.8 Å². The van der Waals surface area contributed by atoms with Gasteiger partial charge in [-0.1, -0.05) is 11.6 Å². The Bertz CT molecular complexity index is 345. The lowest BCUT2D eigenvalue weighted by Gasteiger charge is -2.18. The van der Waals surface area contributed by atoms with Gasteiger partial charge in [0.25, 0.3) is 0 Å². The van der Waals surface area contributed by atoms with Gasteiger partial charge in [-0.2, -0.15) is 0 Å². The minimum atomic E-state index is -1.89. The Labute approximate surface area is 92.1 Å². The van der Waals surface area contributed by atoms with Gasteiger partial charge in [0, 0.05) is 5.02 Å². The van der Waals surface area contributed by atoms with Gasteiger partial charge in [0.15, 0.2) is 5.60 Å². The SMILES string of the molecule is CC(O)(COc1ccc(Cl)cc1)C(=O)O. The maximum atomic E-state index is 10.5. The molecule has 4 nitrogen and oxygen atoms in total. The second kappa shape index (κ2) is 4.51. The Morgan fingerprint density at radius 2 is 2.00 bits per heavy atom. The minimum Gasteiger partial charge on any atom is -0.490 e. The standard InChI is InChI=1S/C10H11ClO4/c1-10(14,9(12)13)6-15-8-4-2-7(11)3-5-8/h2-5,14H,6H2,1H3,(H,12,13). The molecule has 0 heterocycles. The maximum Gasteiger partial charge on any atom is 0.339 e. The van der Waals surface area contributed by atoms with E-state index in [4.69, 9.17) is 21.4 Å². The quantitative estimate of drug-likeness (QED) is 0.824. The monoisotopic (exact) mass is 230 g/mol. The molecule has 1 rings (SSSR count). The summed E-state index contributed by atoms with van der Waals surface area (Å²) in [5, 5.41) is 18.5. The maximum absolute atomic E-state index is 10.5. The number of rotatable bonds is 4. The van der Waals surface area contributed by atoms with Crippen molar-refractivity contribution >= 4 is 17.6 Å². The van der Waals surface area contributed by atoms with Gasteiger partial charge in [-0.15, -0.1) is 0 Å². The zero-order valence-corrected chi connectivity index (χ0v) is 8.86. The van der Waals surface area contributed by atoms with Crippen molar-refractivity contribution in [2.75, 3.05) is 6.61 Å². The Morgan fingerprint density at radius 1 is 1.47 bits per heavy atom. The van der Waals surface area contributed by atoms with E-state index in [-0.39, 0.29) is 6.61 Å². The highest BCUT2D eigenvalue weighted by molar-refractivity contribution is 6.30. The molecule has 2 N–H and O–H groups in total. The summed E-state index contributed by atoms with van der Waals surface area (Å²) in [7, 11) is 0. The smallest absolute Gasteiger partial charge is 0.339 e. The predicted octanol–water partition coefficient (Wildman–Crippen LogP) is 1.55. The zero-order valence-electron chi connectivity index (χ0n) is 8.11. The number of hydrogen-bond acceptors (Lipinski definition) is 3. The van der Waals surface area contributed by atoms with E-state index in [2.05, 4.69) is 0 Å². The van der Waals surface area contributed by atoms with Gasteiger partial charge in [-0.05, 0) is 31.2 Å². The van der Waals surface area contributed by atoms with Crippen molar-refractivity contribution in [3.8, 4) is 5.75 Å². The van der Waals surface area contributed by atoms with Crippen LogP contribution in [0.4, 0.5) is 0 Å². The molecule has 1 aromatic carbocycles. The molecule has 0 aliphatic carbocycles. The molecule has 5 heteroatoms. The van der Waals surface area contributed by atoms with Crippen LogP contribution >= 0.6 is 11.6 Å². The van der Waals surface area contributed by atoms with Crippen molar-refractivity contribution in [3.63, 3.8) is 0 Å². The first-order valence-corrected chi connectivity index (χ1v) is 4.64. The first kappa shape index (κ1) is 11.8.